The molecular formula is C18H14N2O2. The number of hydrogen-bond donors (Lipinski definition) is 0. The van der Waals surface area contributed by atoms with Crippen molar-refractivity contribution in [2.24, 2.45) is 0 Å². The maximum atomic E-state index is 12.4. The predicted octanol–water partition coefficient (Wildman–Crippen LogP) is 2.92. The van der Waals surface area contributed by atoms with Gasteiger partial charge in [-0.15, -0.1) is 0 Å². The molecule has 108 valence electrons. The highest BCUT2D eigenvalue weighted by Gasteiger charge is 2.35. The van der Waals surface area contributed by atoms with Gasteiger partial charge in [-0.25, -0.2) is 0 Å². The largest absolute Gasteiger partial charge is 0.270 e. The van der Waals surface area contributed by atoms with Crippen LogP contribution < -0.4 is 0 Å². The van der Waals surface area contributed by atoms with Gasteiger partial charge in [-0.2, -0.15) is 5.26 Å². The Kier molecular flexibility index (Phi) is 3.48. The van der Waals surface area contributed by atoms with Crippen LogP contribution in [0.4, 0.5) is 0 Å². The van der Waals surface area contributed by atoms with E-state index >= 15 is 0 Å². The first-order chi connectivity index (χ1) is 10.7. The zero-order valence-electron chi connectivity index (χ0n) is 12.2. The smallest absolute Gasteiger partial charge is 0.261 e. The third-order valence-electron chi connectivity index (χ3n) is 3.92. The summed E-state index contributed by atoms with van der Waals surface area (Å²) in [5.74, 6) is -0.515. The molecule has 0 fully saturated rings. The van der Waals surface area contributed by atoms with Gasteiger partial charge in [0.2, 0.25) is 0 Å². The number of rotatable bonds is 3. The summed E-state index contributed by atoms with van der Waals surface area (Å²) in [6.45, 7) is 2.23. The summed E-state index contributed by atoms with van der Waals surface area (Å²) in [5.41, 5.74) is 3.38. The van der Waals surface area contributed by atoms with Gasteiger partial charge in [0, 0.05) is 0 Å². The average Bonchev–Trinajstić information content (AvgIpc) is 2.80. The van der Waals surface area contributed by atoms with Gasteiger partial charge in [0.05, 0.1) is 29.3 Å². The zero-order valence-corrected chi connectivity index (χ0v) is 12.2. The number of hydrogen-bond acceptors (Lipinski definition) is 3. The quantitative estimate of drug-likeness (QED) is 0.816. The highest BCUT2D eigenvalue weighted by molar-refractivity contribution is 6.21. The van der Waals surface area contributed by atoms with E-state index in [1.165, 1.54) is 4.90 Å². The Morgan fingerprint density at radius 1 is 1.00 bits per heavy atom. The Hall–Kier alpha value is -2.93. The molecular weight excluding hydrogens is 276 g/mol. The molecule has 2 aromatic rings. The molecule has 0 spiro atoms. The van der Waals surface area contributed by atoms with Crippen molar-refractivity contribution in [3.8, 4) is 6.07 Å². The van der Waals surface area contributed by atoms with E-state index in [2.05, 4.69) is 6.07 Å². The lowest BCUT2D eigenvalue weighted by Gasteiger charge is -2.16. The van der Waals surface area contributed by atoms with Crippen LogP contribution in [0.1, 0.15) is 44.3 Å². The molecule has 1 heterocycles. The molecule has 0 radical (unpaired) electrons. The van der Waals surface area contributed by atoms with Crippen molar-refractivity contribution in [3.05, 3.63) is 70.3 Å². The third-order valence-corrected chi connectivity index (χ3v) is 3.92. The number of imide groups is 1. The number of carbonyl (C=O) groups excluding carboxylic acids is 2. The lowest BCUT2D eigenvalue weighted by molar-refractivity contribution is 0.0642. The van der Waals surface area contributed by atoms with Crippen LogP contribution >= 0.6 is 0 Å². The van der Waals surface area contributed by atoms with Crippen LogP contribution in [0.5, 0.6) is 0 Å². The van der Waals surface area contributed by atoms with E-state index < -0.39 is 0 Å². The molecule has 4 heteroatoms. The zero-order chi connectivity index (χ0) is 15.7. The van der Waals surface area contributed by atoms with Crippen molar-refractivity contribution in [1.29, 1.82) is 5.26 Å². The number of carbonyl (C=O) groups is 2. The van der Waals surface area contributed by atoms with Crippen LogP contribution in [-0.4, -0.2) is 16.7 Å². The van der Waals surface area contributed by atoms with Gasteiger partial charge in [-0.1, -0.05) is 25.1 Å². The minimum Gasteiger partial charge on any atom is -0.270 e. The summed E-state index contributed by atoms with van der Waals surface area (Å²) in [6.07, 6.45) is 0.744. The SMILES string of the molecule is CCc1cc(C#N)ccc1CN1C(=O)c2ccccc2C1=O. The van der Waals surface area contributed by atoms with Gasteiger partial charge in [0.15, 0.2) is 0 Å². The van der Waals surface area contributed by atoms with Crippen LogP contribution in [0.2, 0.25) is 0 Å². The van der Waals surface area contributed by atoms with E-state index in [0.29, 0.717) is 16.7 Å². The van der Waals surface area contributed by atoms with Crippen LogP contribution in [0.25, 0.3) is 0 Å². The summed E-state index contributed by atoms with van der Waals surface area (Å²) in [4.78, 5) is 26.0. The monoisotopic (exact) mass is 290 g/mol. The molecule has 2 aromatic carbocycles. The lowest BCUT2D eigenvalue weighted by atomic mass is 10.0. The van der Waals surface area contributed by atoms with Gasteiger partial charge < -0.3 is 0 Å². The van der Waals surface area contributed by atoms with Crippen LogP contribution in [-0.2, 0) is 13.0 Å². The molecule has 0 bridgehead atoms. The molecule has 0 aromatic heterocycles. The number of aryl methyl sites for hydroxylation is 1. The normalized spacial score (nSPS) is 13.2. The first-order valence-corrected chi connectivity index (χ1v) is 7.12. The number of benzene rings is 2. The van der Waals surface area contributed by atoms with Gasteiger partial charge in [0.1, 0.15) is 0 Å². The Bertz CT molecular complexity index is 783. The molecule has 1 aliphatic heterocycles. The van der Waals surface area contributed by atoms with Crippen molar-refractivity contribution in [1.82, 2.24) is 4.90 Å². The molecule has 22 heavy (non-hydrogen) atoms. The van der Waals surface area contributed by atoms with E-state index in [0.717, 1.165) is 17.5 Å². The van der Waals surface area contributed by atoms with E-state index in [1.807, 2.05) is 19.1 Å². The van der Waals surface area contributed by atoms with Gasteiger partial charge in [-0.05, 0) is 41.8 Å². The number of fused-ring (bicyclic) bond motifs is 1. The van der Waals surface area contributed by atoms with Crippen LogP contribution in [0.3, 0.4) is 0 Å². The van der Waals surface area contributed by atoms with Crippen molar-refractivity contribution in [3.63, 3.8) is 0 Å². The van der Waals surface area contributed by atoms with E-state index in [4.69, 9.17) is 5.26 Å². The molecule has 0 atom stereocenters. The van der Waals surface area contributed by atoms with Gasteiger partial charge in [0.25, 0.3) is 11.8 Å². The Balaban J connectivity index is 1.94. The highest BCUT2D eigenvalue weighted by atomic mass is 16.2. The molecule has 0 unspecified atom stereocenters. The summed E-state index contributed by atoms with van der Waals surface area (Å²) >= 11 is 0. The summed E-state index contributed by atoms with van der Waals surface area (Å²) < 4.78 is 0. The van der Waals surface area contributed by atoms with Crippen molar-refractivity contribution in [2.75, 3.05) is 0 Å². The van der Waals surface area contributed by atoms with Gasteiger partial charge >= 0.3 is 0 Å². The first kappa shape index (κ1) is 14.0. The fourth-order valence-electron chi connectivity index (χ4n) is 2.73. The minimum absolute atomic E-state index is 0.237. The minimum atomic E-state index is -0.257. The molecule has 2 amide bonds. The van der Waals surface area contributed by atoms with Crippen molar-refractivity contribution >= 4 is 11.8 Å². The molecule has 3 rings (SSSR count). The predicted molar refractivity (Wildman–Crippen MR) is 81.2 cm³/mol. The summed E-state index contributed by atoms with van der Waals surface area (Å²) in [7, 11) is 0. The number of nitriles is 1. The topological polar surface area (TPSA) is 61.2 Å². The summed E-state index contributed by atoms with van der Waals surface area (Å²) in [5, 5.41) is 8.97. The van der Waals surface area contributed by atoms with Crippen LogP contribution in [0.15, 0.2) is 42.5 Å². The van der Waals surface area contributed by atoms with Crippen molar-refractivity contribution in [2.45, 2.75) is 19.9 Å². The Morgan fingerprint density at radius 3 is 2.18 bits per heavy atom. The van der Waals surface area contributed by atoms with E-state index in [1.54, 1.807) is 30.3 Å². The second kappa shape index (κ2) is 5.45. The number of nitrogens with zero attached hydrogens (tertiary/aromatic N) is 2. The second-order valence-corrected chi connectivity index (χ2v) is 5.19. The maximum absolute atomic E-state index is 12.4. The van der Waals surface area contributed by atoms with E-state index in [9.17, 15) is 9.59 Å². The fourth-order valence-corrected chi connectivity index (χ4v) is 2.73. The maximum Gasteiger partial charge on any atom is 0.261 e. The Morgan fingerprint density at radius 2 is 1.64 bits per heavy atom. The number of amides is 2. The average molecular weight is 290 g/mol. The third kappa shape index (κ3) is 2.17. The standard InChI is InChI=1S/C18H14N2O2/c1-2-13-9-12(10-19)7-8-14(13)11-20-17(21)15-5-3-4-6-16(15)18(20)22/h3-9H,2,11H2,1H3. The lowest BCUT2D eigenvalue weighted by Crippen LogP contribution is -2.29. The molecule has 0 saturated carbocycles. The second-order valence-electron chi connectivity index (χ2n) is 5.19. The first-order valence-electron chi connectivity index (χ1n) is 7.12. The molecule has 1 aliphatic rings. The fraction of sp³-hybridized carbons (Fsp3) is 0.167. The molecule has 0 saturated heterocycles. The molecule has 0 aliphatic carbocycles. The van der Waals surface area contributed by atoms with Crippen LogP contribution in [0, 0.1) is 11.3 Å². The Labute approximate surface area is 128 Å². The summed E-state index contributed by atoms with van der Waals surface area (Å²) in [6, 6.07) is 14.3. The van der Waals surface area contributed by atoms with Gasteiger partial charge in [-0.3, -0.25) is 14.5 Å². The highest BCUT2D eigenvalue weighted by Crippen LogP contribution is 2.25. The van der Waals surface area contributed by atoms with E-state index in [-0.39, 0.29) is 18.4 Å². The molecule has 4 nitrogen and oxygen atoms in total. The van der Waals surface area contributed by atoms with Crippen molar-refractivity contribution < 1.29 is 9.59 Å². The molecule has 0 N–H and O–H groups in total.